The van der Waals surface area contributed by atoms with Crippen molar-refractivity contribution in [3.8, 4) is 0 Å². The quantitative estimate of drug-likeness (QED) is 0.683. The molecule has 2 heterocycles. The Kier molecular flexibility index (Phi) is 2.32. The van der Waals surface area contributed by atoms with Crippen molar-refractivity contribution < 1.29 is 0 Å². The van der Waals surface area contributed by atoms with Gasteiger partial charge in [-0.25, -0.2) is 0 Å². The van der Waals surface area contributed by atoms with Crippen molar-refractivity contribution in [3.05, 3.63) is 58.8 Å². The molecule has 0 N–H and O–H groups in total. The number of benzene rings is 1. The average molecular weight is 271 g/mol. The Balaban J connectivity index is 1.82. The van der Waals surface area contributed by atoms with Gasteiger partial charge in [0.25, 0.3) is 0 Å². The molecule has 19 heavy (non-hydrogen) atoms. The minimum absolute atomic E-state index is 0.340. The lowest BCUT2D eigenvalue weighted by Gasteiger charge is -2.07. The maximum absolute atomic E-state index is 6.21. The maximum atomic E-state index is 6.21. The largest absolute Gasteiger partial charge is 0.266 e. The summed E-state index contributed by atoms with van der Waals surface area (Å²) in [6.45, 7) is 0. The van der Waals surface area contributed by atoms with Gasteiger partial charge in [-0.2, -0.15) is 0 Å². The SMILES string of the molecule is Clc1cncc2nnc(C3Cc4ccccc4C3)n12. The van der Waals surface area contributed by atoms with Crippen LogP contribution in [0.1, 0.15) is 22.9 Å². The van der Waals surface area contributed by atoms with Crippen LogP contribution < -0.4 is 0 Å². The number of halogens is 1. The van der Waals surface area contributed by atoms with Crippen LogP contribution in [0.3, 0.4) is 0 Å². The van der Waals surface area contributed by atoms with Gasteiger partial charge >= 0.3 is 0 Å². The first-order chi connectivity index (χ1) is 9.33. The van der Waals surface area contributed by atoms with Gasteiger partial charge in [0.2, 0.25) is 0 Å². The van der Waals surface area contributed by atoms with Crippen LogP contribution in [-0.2, 0) is 12.8 Å². The Morgan fingerprint density at radius 1 is 1.05 bits per heavy atom. The molecule has 4 rings (SSSR count). The van der Waals surface area contributed by atoms with Gasteiger partial charge < -0.3 is 0 Å². The van der Waals surface area contributed by atoms with Crippen molar-refractivity contribution in [2.45, 2.75) is 18.8 Å². The van der Waals surface area contributed by atoms with E-state index in [9.17, 15) is 0 Å². The van der Waals surface area contributed by atoms with Crippen molar-refractivity contribution in [3.63, 3.8) is 0 Å². The lowest BCUT2D eigenvalue weighted by atomic mass is 10.1. The fourth-order valence-corrected chi connectivity index (χ4v) is 3.07. The highest BCUT2D eigenvalue weighted by molar-refractivity contribution is 6.29. The normalized spacial score (nSPS) is 15.0. The average Bonchev–Trinajstić information content (AvgIpc) is 3.02. The lowest BCUT2D eigenvalue weighted by molar-refractivity contribution is 0.672. The summed E-state index contributed by atoms with van der Waals surface area (Å²) in [5, 5.41) is 9.03. The second-order valence-electron chi connectivity index (χ2n) is 4.86. The van der Waals surface area contributed by atoms with Crippen LogP contribution >= 0.6 is 11.6 Å². The van der Waals surface area contributed by atoms with E-state index in [1.807, 2.05) is 4.40 Å². The van der Waals surface area contributed by atoms with Gasteiger partial charge in [0.15, 0.2) is 5.65 Å². The summed E-state index contributed by atoms with van der Waals surface area (Å²) in [6, 6.07) is 8.53. The maximum Gasteiger partial charge on any atom is 0.180 e. The zero-order valence-electron chi connectivity index (χ0n) is 10.1. The molecule has 0 saturated heterocycles. The van der Waals surface area contributed by atoms with Crippen LogP contribution in [0.25, 0.3) is 5.65 Å². The van der Waals surface area contributed by atoms with Gasteiger partial charge in [0, 0.05) is 5.92 Å². The number of hydrogen-bond acceptors (Lipinski definition) is 3. The first-order valence-electron chi connectivity index (χ1n) is 6.24. The number of nitrogens with zero attached hydrogens (tertiary/aromatic N) is 4. The molecule has 1 aromatic carbocycles. The monoisotopic (exact) mass is 270 g/mol. The van der Waals surface area contributed by atoms with Crippen LogP contribution in [0.5, 0.6) is 0 Å². The summed E-state index contributed by atoms with van der Waals surface area (Å²) in [4.78, 5) is 4.04. The fourth-order valence-electron chi connectivity index (χ4n) is 2.84. The van der Waals surface area contributed by atoms with Gasteiger partial charge in [-0.15, -0.1) is 10.2 Å². The first kappa shape index (κ1) is 10.9. The molecule has 2 aromatic heterocycles. The number of fused-ring (bicyclic) bond motifs is 2. The first-order valence-corrected chi connectivity index (χ1v) is 6.62. The van der Waals surface area contributed by atoms with Gasteiger partial charge in [-0.1, -0.05) is 35.9 Å². The molecule has 4 nitrogen and oxygen atoms in total. The third kappa shape index (κ3) is 1.64. The van der Waals surface area contributed by atoms with Crippen molar-refractivity contribution in [2.75, 3.05) is 0 Å². The molecule has 1 aliphatic carbocycles. The smallest absolute Gasteiger partial charge is 0.180 e. The summed E-state index contributed by atoms with van der Waals surface area (Å²) < 4.78 is 1.89. The van der Waals surface area contributed by atoms with Crippen LogP contribution in [-0.4, -0.2) is 19.6 Å². The van der Waals surface area contributed by atoms with Gasteiger partial charge in [0.1, 0.15) is 11.0 Å². The zero-order chi connectivity index (χ0) is 12.8. The predicted octanol–water partition coefficient (Wildman–Crippen LogP) is 2.66. The molecule has 0 fully saturated rings. The summed E-state index contributed by atoms with van der Waals surface area (Å²) >= 11 is 6.21. The Morgan fingerprint density at radius 3 is 2.53 bits per heavy atom. The van der Waals surface area contributed by atoms with E-state index in [1.165, 1.54) is 11.1 Å². The summed E-state index contributed by atoms with van der Waals surface area (Å²) in [5.74, 6) is 1.27. The molecule has 0 unspecified atom stereocenters. The van der Waals surface area contributed by atoms with Crippen LogP contribution in [0.2, 0.25) is 5.15 Å². The third-order valence-corrected chi connectivity index (χ3v) is 3.98. The Hall–Kier alpha value is -1.94. The van der Waals surface area contributed by atoms with E-state index in [0.717, 1.165) is 18.7 Å². The third-order valence-electron chi connectivity index (χ3n) is 3.71. The Morgan fingerprint density at radius 2 is 1.79 bits per heavy atom. The fraction of sp³-hybridized carbons (Fsp3) is 0.214. The van der Waals surface area contributed by atoms with Crippen molar-refractivity contribution in [1.29, 1.82) is 0 Å². The topological polar surface area (TPSA) is 43.1 Å². The predicted molar refractivity (Wildman–Crippen MR) is 72.4 cm³/mol. The molecule has 94 valence electrons. The minimum atomic E-state index is 0.340. The second-order valence-corrected chi connectivity index (χ2v) is 5.24. The molecular formula is C14H11ClN4. The summed E-state index contributed by atoms with van der Waals surface area (Å²) in [5.41, 5.74) is 3.50. The lowest BCUT2D eigenvalue weighted by Crippen LogP contribution is -2.05. The van der Waals surface area contributed by atoms with E-state index >= 15 is 0 Å². The molecule has 0 atom stereocenters. The van der Waals surface area contributed by atoms with Crippen molar-refractivity contribution >= 4 is 17.2 Å². The Bertz CT molecular complexity index is 740. The van der Waals surface area contributed by atoms with Gasteiger partial charge in [-0.3, -0.25) is 9.38 Å². The second kappa shape index (κ2) is 4.03. The van der Waals surface area contributed by atoms with Gasteiger partial charge in [-0.05, 0) is 24.0 Å². The van der Waals surface area contributed by atoms with Crippen molar-refractivity contribution in [1.82, 2.24) is 19.6 Å². The zero-order valence-corrected chi connectivity index (χ0v) is 10.9. The number of rotatable bonds is 1. The van der Waals surface area contributed by atoms with Crippen molar-refractivity contribution in [2.24, 2.45) is 0 Å². The van der Waals surface area contributed by atoms with Crippen LogP contribution in [0, 0.1) is 0 Å². The molecule has 3 aromatic rings. The van der Waals surface area contributed by atoms with Crippen LogP contribution in [0.4, 0.5) is 0 Å². The summed E-state index contributed by atoms with van der Waals surface area (Å²) in [7, 11) is 0. The molecule has 0 aliphatic heterocycles. The van der Waals surface area contributed by atoms with E-state index in [-0.39, 0.29) is 0 Å². The summed E-state index contributed by atoms with van der Waals surface area (Å²) in [6.07, 6.45) is 5.30. The highest BCUT2D eigenvalue weighted by atomic mass is 35.5. The van der Waals surface area contributed by atoms with Gasteiger partial charge in [0.05, 0.1) is 12.4 Å². The van der Waals surface area contributed by atoms with Crippen LogP contribution in [0.15, 0.2) is 36.7 Å². The molecular weight excluding hydrogens is 260 g/mol. The molecule has 1 aliphatic rings. The Labute approximate surface area is 115 Å². The van der Waals surface area contributed by atoms with E-state index in [1.54, 1.807) is 12.4 Å². The van der Waals surface area contributed by atoms with E-state index in [4.69, 9.17) is 11.6 Å². The van der Waals surface area contributed by atoms with E-state index < -0.39 is 0 Å². The highest BCUT2D eigenvalue weighted by Gasteiger charge is 2.27. The number of hydrogen-bond donors (Lipinski definition) is 0. The standard InChI is InChI=1S/C14H11ClN4/c15-12-7-16-8-13-17-18-14(19(12)13)11-5-9-3-1-2-4-10(9)6-11/h1-4,7-8,11H,5-6H2. The van der Waals surface area contributed by atoms with E-state index in [2.05, 4.69) is 39.4 Å². The molecule has 0 radical (unpaired) electrons. The highest BCUT2D eigenvalue weighted by Crippen LogP contribution is 2.33. The molecule has 0 saturated carbocycles. The van der Waals surface area contributed by atoms with E-state index in [0.29, 0.717) is 16.7 Å². The minimum Gasteiger partial charge on any atom is -0.266 e. The number of aromatic nitrogens is 4. The molecule has 5 heteroatoms. The molecule has 0 amide bonds. The molecule has 0 spiro atoms. The molecule has 0 bridgehead atoms.